The quantitative estimate of drug-likeness (QED) is 0.398. The van der Waals surface area contributed by atoms with Crippen molar-refractivity contribution in [3.63, 3.8) is 0 Å². The largest absolute Gasteiger partial charge is 0.611 e. The first-order chi connectivity index (χ1) is 15.3. The van der Waals surface area contributed by atoms with Crippen LogP contribution in [0.2, 0.25) is 10.0 Å². The van der Waals surface area contributed by atoms with E-state index in [9.17, 15) is 14.1 Å². The number of carbonyl (C=O) groups is 2. The maximum atomic E-state index is 12.4. The minimum Gasteiger partial charge on any atom is -0.611 e. The van der Waals surface area contributed by atoms with E-state index >= 15 is 0 Å². The van der Waals surface area contributed by atoms with Gasteiger partial charge in [0.1, 0.15) is 5.75 Å². The molecular formula is C24H28Cl2N2O3S. The lowest BCUT2D eigenvalue weighted by atomic mass is 10.0. The monoisotopic (exact) mass is 494 g/mol. The smallest absolute Gasteiger partial charge is 0.220 e. The molecule has 0 aliphatic carbocycles. The highest BCUT2D eigenvalue weighted by Gasteiger charge is 2.21. The molecule has 0 aromatic heterocycles. The van der Waals surface area contributed by atoms with E-state index in [0.29, 0.717) is 39.1 Å². The van der Waals surface area contributed by atoms with Gasteiger partial charge in [-0.3, -0.25) is 14.5 Å². The Morgan fingerprint density at radius 1 is 1.09 bits per heavy atom. The summed E-state index contributed by atoms with van der Waals surface area (Å²) >= 11 is 10.9. The van der Waals surface area contributed by atoms with E-state index in [1.807, 2.05) is 18.2 Å². The van der Waals surface area contributed by atoms with E-state index in [1.165, 1.54) is 6.92 Å². The SMILES string of the molecule is CC(=O)c1ccc([S+]([O-])CCCC(=O)NC2CCN(Cc3ccc(Cl)c(Cl)c3)CC2)cc1. The van der Waals surface area contributed by atoms with Gasteiger partial charge in [-0.2, -0.15) is 0 Å². The van der Waals surface area contributed by atoms with Crippen LogP contribution < -0.4 is 5.32 Å². The molecule has 32 heavy (non-hydrogen) atoms. The number of carbonyl (C=O) groups excluding carboxylic acids is 2. The first kappa shape index (κ1) is 25.1. The molecule has 2 aromatic rings. The summed E-state index contributed by atoms with van der Waals surface area (Å²) in [4.78, 5) is 26.7. The van der Waals surface area contributed by atoms with Crippen LogP contribution in [0.4, 0.5) is 0 Å². The average molecular weight is 495 g/mol. The standard InChI is InChI=1S/C24H28Cl2N2O3S/c1-17(29)19-5-7-21(8-6-19)32(31)14-2-3-24(30)27-20-10-12-28(13-11-20)16-18-4-9-22(25)23(26)15-18/h4-9,15,20H,2-3,10-14,16H2,1H3,(H,27,30). The Bertz CT molecular complexity index is 931. The van der Waals surface area contributed by atoms with Crippen LogP contribution in [0.1, 0.15) is 48.5 Å². The Morgan fingerprint density at radius 3 is 2.41 bits per heavy atom. The van der Waals surface area contributed by atoms with Crippen LogP contribution in [0.25, 0.3) is 0 Å². The van der Waals surface area contributed by atoms with Gasteiger partial charge in [0.15, 0.2) is 10.7 Å². The topological polar surface area (TPSA) is 72.5 Å². The number of ketones is 1. The second-order valence-corrected chi connectivity index (χ2v) is 10.5. The molecule has 2 aromatic carbocycles. The van der Waals surface area contributed by atoms with Gasteiger partial charge in [-0.15, -0.1) is 0 Å². The molecule has 0 saturated carbocycles. The Labute approximate surface area is 202 Å². The number of amides is 1. The van der Waals surface area contributed by atoms with E-state index < -0.39 is 11.2 Å². The zero-order chi connectivity index (χ0) is 23.1. The molecular weight excluding hydrogens is 467 g/mol. The van der Waals surface area contributed by atoms with E-state index in [2.05, 4.69) is 10.2 Å². The normalized spacial score (nSPS) is 16.0. The highest BCUT2D eigenvalue weighted by atomic mass is 35.5. The van der Waals surface area contributed by atoms with E-state index in [-0.39, 0.29) is 17.7 Å². The van der Waals surface area contributed by atoms with Crippen molar-refractivity contribution in [3.8, 4) is 0 Å². The molecule has 0 bridgehead atoms. The summed E-state index contributed by atoms with van der Waals surface area (Å²) in [5, 5.41) is 4.24. The molecule has 1 unspecified atom stereocenters. The summed E-state index contributed by atoms with van der Waals surface area (Å²) in [7, 11) is 0. The van der Waals surface area contributed by atoms with Crippen molar-refractivity contribution < 1.29 is 14.1 Å². The van der Waals surface area contributed by atoms with E-state index in [4.69, 9.17) is 23.2 Å². The molecule has 1 heterocycles. The van der Waals surface area contributed by atoms with Crippen molar-refractivity contribution in [1.29, 1.82) is 0 Å². The van der Waals surface area contributed by atoms with Crippen LogP contribution in [0.5, 0.6) is 0 Å². The lowest BCUT2D eigenvalue weighted by Gasteiger charge is -2.32. The van der Waals surface area contributed by atoms with Gasteiger partial charge in [0.2, 0.25) is 5.91 Å². The van der Waals surface area contributed by atoms with Gasteiger partial charge >= 0.3 is 0 Å². The molecule has 5 nitrogen and oxygen atoms in total. The third kappa shape index (κ3) is 7.49. The Balaban J connectivity index is 1.34. The number of likely N-dealkylation sites (tertiary alicyclic amines) is 1. The molecule has 1 saturated heterocycles. The summed E-state index contributed by atoms with van der Waals surface area (Å²) in [6.45, 7) is 4.14. The second kappa shape index (κ2) is 12.1. The Hall–Kier alpha value is -1.57. The van der Waals surface area contributed by atoms with Crippen molar-refractivity contribution in [2.45, 2.75) is 50.1 Å². The first-order valence-corrected chi connectivity index (χ1v) is 12.8. The number of piperidine rings is 1. The lowest BCUT2D eigenvalue weighted by molar-refractivity contribution is -0.122. The number of hydrogen-bond acceptors (Lipinski definition) is 4. The zero-order valence-corrected chi connectivity index (χ0v) is 20.4. The van der Waals surface area contributed by atoms with Crippen LogP contribution in [0.3, 0.4) is 0 Å². The van der Waals surface area contributed by atoms with Gasteiger partial charge in [0.05, 0.1) is 10.0 Å². The van der Waals surface area contributed by atoms with Gasteiger partial charge in [0, 0.05) is 44.1 Å². The van der Waals surface area contributed by atoms with Gasteiger partial charge in [-0.05, 0) is 72.9 Å². The van der Waals surface area contributed by atoms with Crippen molar-refractivity contribution >= 4 is 46.1 Å². The molecule has 1 aliphatic rings. The first-order valence-electron chi connectivity index (χ1n) is 10.8. The Kier molecular flexibility index (Phi) is 9.44. The fourth-order valence-electron chi connectivity index (χ4n) is 3.75. The average Bonchev–Trinajstić information content (AvgIpc) is 2.77. The van der Waals surface area contributed by atoms with Crippen molar-refractivity contribution in [1.82, 2.24) is 10.2 Å². The summed E-state index contributed by atoms with van der Waals surface area (Å²) in [5.74, 6) is 0.422. The minimum atomic E-state index is -1.17. The van der Waals surface area contributed by atoms with Crippen LogP contribution in [-0.4, -0.2) is 46.0 Å². The van der Waals surface area contributed by atoms with Crippen LogP contribution >= 0.6 is 23.2 Å². The molecule has 8 heteroatoms. The summed E-state index contributed by atoms with van der Waals surface area (Å²) in [5.41, 5.74) is 1.74. The number of hydrogen-bond donors (Lipinski definition) is 1. The number of nitrogens with one attached hydrogen (secondary N) is 1. The van der Waals surface area contributed by atoms with Gasteiger partial charge < -0.3 is 9.87 Å². The third-order valence-corrected chi connectivity index (χ3v) is 7.80. The van der Waals surface area contributed by atoms with Crippen LogP contribution in [0.15, 0.2) is 47.4 Å². The molecule has 1 atom stereocenters. The maximum absolute atomic E-state index is 12.4. The van der Waals surface area contributed by atoms with Crippen molar-refractivity contribution in [3.05, 3.63) is 63.6 Å². The van der Waals surface area contributed by atoms with Crippen molar-refractivity contribution in [2.75, 3.05) is 18.8 Å². The third-order valence-electron chi connectivity index (χ3n) is 5.60. The Morgan fingerprint density at radius 2 is 1.78 bits per heavy atom. The molecule has 0 spiro atoms. The maximum Gasteiger partial charge on any atom is 0.220 e. The predicted octanol–water partition coefficient (Wildman–Crippen LogP) is 4.86. The van der Waals surface area contributed by atoms with E-state index in [0.717, 1.165) is 38.0 Å². The van der Waals surface area contributed by atoms with Gasteiger partial charge in [-0.25, -0.2) is 0 Å². The van der Waals surface area contributed by atoms with Gasteiger partial charge in [0.25, 0.3) is 0 Å². The van der Waals surface area contributed by atoms with Crippen LogP contribution in [0, 0.1) is 0 Å². The number of halogens is 2. The highest BCUT2D eigenvalue weighted by molar-refractivity contribution is 7.91. The second-order valence-electron chi connectivity index (χ2n) is 8.10. The van der Waals surface area contributed by atoms with Crippen LogP contribution in [-0.2, 0) is 22.5 Å². The molecule has 1 aliphatic heterocycles. The highest BCUT2D eigenvalue weighted by Crippen LogP contribution is 2.24. The summed E-state index contributed by atoms with van der Waals surface area (Å²) < 4.78 is 12.4. The molecule has 1 fully saturated rings. The van der Waals surface area contributed by atoms with E-state index in [1.54, 1.807) is 24.3 Å². The molecule has 3 rings (SSSR count). The van der Waals surface area contributed by atoms with Crippen molar-refractivity contribution in [2.24, 2.45) is 0 Å². The molecule has 1 N–H and O–H groups in total. The molecule has 172 valence electrons. The molecule has 0 radical (unpaired) electrons. The fraction of sp³-hybridized carbons (Fsp3) is 0.417. The number of Topliss-reactive ketones (excluding diaryl/α,β-unsaturated/α-hetero) is 1. The minimum absolute atomic E-state index is 0.0110. The number of nitrogens with zero attached hydrogens (tertiary/aromatic N) is 1. The van der Waals surface area contributed by atoms with Gasteiger partial charge in [-0.1, -0.05) is 29.3 Å². The summed E-state index contributed by atoms with van der Waals surface area (Å²) in [6.07, 6.45) is 2.73. The predicted molar refractivity (Wildman–Crippen MR) is 130 cm³/mol. The zero-order valence-electron chi connectivity index (χ0n) is 18.1. The summed E-state index contributed by atoms with van der Waals surface area (Å²) in [6, 6.07) is 12.7. The lowest BCUT2D eigenvalue weighted by Crippen LogP contribution is -2.44. The number of benzene rings is 2. The fourth-order valence-corrected chi connectivity index (χ4v) is 5.16. The number of rotatable bonds is 9. The molecule has 1 amide bonds.